The van der Waals surface area contributed by atoms with Crippen molar-refractivity contribution < 1.29 is 17.2 Å². The minimum absolute atomic E-state index is 0.0261. The van der Waals surface area contributed by atoms with Crippen LogP contribution in [0.2, 0.25) is 0 Å². The van der Waals surface area contributed by atoms with Gasteiger partial charge in [-0.15, -0.1) is 0 Å². The first-order valence-corrected chi connectivity index (χ1v) is 10.6. The van der Waals surface area contributed by atoms with Crippen LogP contribution in [0.4, 0.5) is 20.2 Å². The Morgan fingerprint density at radius 3 is 2.25 bits per heavy atom. The smallest absolute Gasteiger partial charge is 0.208 e. The van der Waals surface area contributed by atoms with Gasteiger partial charge in [-0.05, 0) is 50.3 Å². The molecule has 2 aromatic rings. The van der Waals surface area contributed by atoms with Crippen LogP contribution in [0.25, 0.3) is 0 Å². The van der Waals surface area contributed by atoms with Crippen LogP contribution in [-0.4, -0.2) is 60.6 Å². The molecule has 1 fully saturated rings. The maximum Gasteiger partial charge on any atom is 0.208 e. The lowest BCUT2D eigenvalue weighted by molar-refractivity contribution is 0.360. The summed E-state index contributed by atoms with van der Waals surface area (Å²) in [6.07, 6.45) is 1.02. The molecule has 1 heterocycles. The summed E-state index contributed by atoms with van der Waals surface area (Å²) in [5.41, 5.74) is 1.42. The SMILES string of the molecule is CN1CCCN(c2ccc(S(=O)(=O)c3cc(F)cc(F)c3)c(N(C)C)c2)CC1. The van der Waals surface area contributed by atoms with Crippen LogP contribution in [0.15, 0.2) is 46.2 Å². The fourth-order valence-corrected chi connectivity index (χ4v) is 4.95. The number of nitrogens with zero attached hydrogens (tertiary/aromatic N) is 3. The van der Waals surface area contributed by atoms with Gasteiger partial charge in [-0.2, -0.15) is 0 Å². The molecule has 1 saturated heterocycles. The summed E-state index contributed by atoms with van der Waals surface area (Å²) in [7, 11) is 1.52. The highest BCUT2D eigenvalue weighted by molar-refractivity contribution is 7.91. The van der Waals surface area contributed by atoms with E-state index in [1.54, 1.807) is 25.1 Å². The highest BCUT2D eigenvalue weighted by Gasteiger charge is 2.25. The van der Waals surface area contributed by atoms with E-state index in [1.165, 1.54) is 6.07 Å². The minimum Gasteiger partial charge on any atom is -0.377 e. The van der Waals surface area contributed by atoms with Gasteiger partial charge >= 0.3 is 0 Å². The summed E-state index contributed by atoms with van der Waals surface area (Å²) in [5.74, 6) is -1.84. The predicted octanol–water partition coefficient (Wildman–Crippen LogP) is 3.01. The van der Waals surface area contributed by atoms with Crippen molar-refractivity contribution in [2.45, 2.75) is 16.2 Å². The van der Waals surface area contributed by atoms with Gasteiger partial charge in [0.1, 0.15) is 11.6 Å². The number of hydrogen-bond donors (Lipinski definition) is 0. The standard InChI is InChI=1S/C20H25F2N3O2S/c1-23(2)19-14-17(25-8-4-7-24(3)9-10-25)5-6-20(19)28(26,27)18-12-15(21)11-16(22)13-18/h5-6,11-14H,4,7-10H2,1-3H3. The van der Waals surface area contributed by atoms with Gasteiger partial charge in [0.05, 0.1) is 15.5 Å². The Morgan fingerprint density at radius 2 is 1.61 bits per heavy atom. The van der Waals surface area contributed by atoms with Crippen LogP contribution in [-0.2, 0) is 9.84 Å². The van der Waals surface area contributed by atoms with Gasteiger partial charge in [-0.3, -0.25) is 0 Å². The second kappa shape index (κ2) is 8.05. The first-order valence-electron chi connectivity index (χ1n) is 9.14. The lowest BCUT2D eigenvalue weighted by Gasteiger charge is -2.26. The first kappa shape index (κ1) is 20.5. The summed E-state index contributed by atoms with van der Waals surface area (Å²) in [6.45, 7) is 3.69. The van der Waals surface area contributed by atoms with Crippen molar-refractivity contribution >= 4 is 21.2 Å². The van der Waals surface area contributed by atoms with Crippen LogP contribution in [0.3, 0.4) is 0 Å². The highest BCUT2D eigenvalue weighted by atomic mass is 32.2. The van der Waals surface area contributed by atoms with Crippen molar-refractivity contribution in [2.75, 3.05) is 57.1 Å². The molecule has 0 spiro atoms. The number of hydrogen-bond acceptors (Lipinski definition) is 5. The van der Waals surface area contributed by atoms with E-state index in [2.05, 4.69) is 16.8 Å². The van der Waals surface area contributed by atoms with E-state index >= 15 is 0 Å². The Labute approximate surface area is 165 Å². The summed E-state index contributed by atoms with van der Waals surface area (Å²) < 4.78 is 53.3. The fourth-order valence-electron chi connectivity index (χ4n) is 3.39. The topological polar surface area (TPSA) is 43.9 Å². The highest BCUT2D eigenvalue weighted by Crippen LogP contribution is 2.33. The van der Waals surface area contributed by atoms with Crippen molar-refractivity contribution in [3.63, 3.8) is 0 Å². The molecule has 0 radical (unpaired) electrons. The van der Waals surface area contributed by atoms with Gasteiger partial charge in [0.2, 0.25) is 9.84 Å². The molecule has 2 aromatic carbocycles. The molecule has 1 aliphatic heterocycles. The summed E-state index contributed by atoms with van der Waals surface area (Å²) in [6, 6.07) is 7.46. The number of benzene rings is 2. The normalized spacial score (nSPS) is 16.1. The Kier molecular flexibility index (Phi) is 5.90. The molecular formula is C20H25F2N3O2S. The zero-order chi connectivity index (χ0) is 20.5. The average molecular weight is 410 g/mol. The maximum absolute atomic E-state index is 13.6. The molecule has 0 unspecified atom stereocenters. The molecule has 0 atom stereocenters. The molecule has 0 bridgehead atoms. The van der Waals surface area contributed by atoms with Gasteiger partial charge in [0, 0.05) is 45.5 Å². The minimum atomic E-state index is -4.07. The van der Waals surface area contributed by atoms with Crippen molar-refractivity contribution in [3.05, 3.63) is 48.0 Å². The lowest BCUT2D eigenvalue weighted by atomic mass is 10.2. The third-order valence-electron chi connectivity index (χ3n) is 4.94. The molecule has 0 aromatic heterocycles. The van der Waals surface area contributed by atoms with Gasteiger partial charge < -0.3 is 14.7 Å². The second-order valence-electron chi connectivity index (χ2n) is 7.30. The monoisotopic (exact) mass is 409 g/mol. The van der Waals surface area contributed by atoms with E-state index in [-0.39, 0.29) is 4.90 Å². The zero-order valence-electron chi connectivity index (χ0n) is 16.3. The molecule has 0 aliphatic carbocycles. The van der Waals surface area contributed by atoms with Gasteiger partial charge in [0.15, 0.2) is 0 Å². The molecule has 0 amide bonds. The van der Waals surface area contributed by atoms with Gasteiger partial charge in [-0.1, -0.05) is 0 Å². The maximum atomic E-state index is 13.6. The van der Waals surface area contributed by atoms with Crippen molar-refractivity contribution in [3.8, 4) is 0 Å². The molecular weight excluding hydrogens is 384 g/mol. The number of halogens is 2. The van der Waals surface area contributed by atoms with E-state index in [4.69, 9.17) is 0 Å². The number of sulfone groups is 1. The number of rotatable bonds is 4. The molecule has 152 valence electrons. The molecule has 8 heteroatoms. The van der Waals surface area contributed by atoms with E-state index in [1.807, 2.05) is 6.07 Å². The van der Waals surface area contributed by atoms with Crippen LogP contribution < -0.4 is 9.80 Å². The molecule has 0 saturated carbocycles. The molecule has 0 N–H and O–H groups in total. The van der Waals surface area contributed by atoms with Crippen LogP contribution in [0.5, 0.6) is 0 Å². The van der Waals surface area contributed by atoms with Gasteiger partial charge in [-0.25, -0.2) is 17.2 Å². The van der Waals surface area contributed by atoms with E-state index in [0.29, 0.717) is 11.8 Å². The third-order valence-corrected chi connectivity index (χ3v) is 6.73. The van der Waals surface area contributed by atoms with Gasteiger partial charge in [0.25, 0.3) is 0 Å². The van der Waals surface area contributed by atoms with Crippen LogP contribution in [0, 0.1) is 11.6 Å². The summed E-state index contributed by atoms with van der Waals surface area (Å²) >= 11 is 0. The summed E-state index contributed by atoms with van der Waals surface area (Å²) in [5, 5.41) is 0. The van der Waals surface area contributed by atoms with E-state index in [9.17, 15) is 17.2 Å². The zero-order valence-corrected chi connectivity index (χ0v) is 17.1. The molecule has 3 rings (SSSR count). The molecule has 1 aliphatic rings. The molecule has 28 heavy (non-hydrogen) atoms. The quantitative estimate of drug-likeness (QED) is 0.777. The van der Waals surface area contributed by atoms with E-state index in [0.717, 1.165) is 50.4 Å². The Balaban J connectivity index is 2.04. The van der Waals surface area contributed by atoms with Crippen molar-refractivity contribution in [2.24, 2.45) is 0 Å². The Morgan fingerprint density at radius 1 is 0.929 bits per heavy atom. The third kappa shape index (κ3) is 4.28. The van der Waals surface area contributed by atoms with Crippen LogP contribution >= 0.6 is 0 Å². The van der Waals surface area contributed by atoms with E-state index < -0.39 is 26.4 Å². The first-order chi connectivity index (χ1) is 13.2. The second-order valence-corrected chi connectivity index (χ2v) is 9.22. The average Bonchev–Trinajstić information content (AvgIpc) is 2.85. The fraction of sp³-hybridized carbons (Fsp3) is 0.400. The largest absolute Gasteiger partial charge is 0.377 e. The Bertz CT molecular complexity index is 944. The van der Waals surface area contributed by atoms with Crippen molar-refractivity contribution in [1.29, 1.82) is 0 Å². The van der Waals surface area contributed by atoms with Crippen LogP contribution in [0.1, 0.15) is 6.42 Å². The predicted molar refractivity (Wildman–Crippen MR) is 107 cm³/mol. The Hall–Kier alpha value is -2.19. The lowest BCUT2D eigenvalue weighted by Crippen LogP contribution is -2.29. The number of anilines is 2. The summed E-state index contributed by atoms with van der Waals surface area (Å²) in [4.78, 5) is 5.84. The van der Waals surface area contributed by atoms with Crippen molar-refractivity contribution in [1.82, 2.24) is 4.90 Å². The molecule has 5 nitrogen and oxygen atoms in total. The number of likely N-dealkylation sites (N-methyl/N-ethyl adjacent to an activating group) is 1.